The molecule has 6 rings (SSSR count). The number of rotatable bonds is 3. The van der Waals surface area contributed by atoms with Gasteiger partial charge in [-0.25, -0.2) is 0 Å². The molecule has 1 unspecified atom stereocenters. The van der Waals surface area contributed by atoms with Crippen molar-refractivity contribution in [2.24, 2.45) is 17.3 Å². The predicted molar refractivity (Wildman–Crippen MR) is 153 cm³/mol. The van der Waals surface area contributed by atoms with Crippen LogP contribution in [-0.4, -0.2) is 6.17 Å². The average Bonchev–Trinajstić information content (AvgIpc) is 3.36. The fourth-order valence-corrected chi connectivity index (χ4v) is 8.82. The molecule has 2 saturated carbocycles. The number of hydrogen-bond acceptors (Lipinski definition) is 2. The Balaban J connectivity index is 1.65. The highest BCUT2D eigenvalue weighted by Gasteiger charge is 2.62. The van der Waals surface area contributed by atoms with Gasteiger partial charge in [0, 0.05) is 27.9 Å². The lowest BCUT2D eigenvalue weighted by atomic mass is 9.55. The third-order valence-electron chi connectivity index (χ3n) is 10.1. The molecule has 0 amide bonds. The molecule has 2 fully saturated rings. The molecular weight excluding hydrogens is 436 g/mol. The minimum atomic E-state index is 0.0909. The van der Waals surface area contributed by atoms with E-state index in [4.69, 9.17) is 0 Å². The Morgan fingerprint density at radius 3 is 1.75 bits per heavy atom. The molecule has 0 radical (unpaired) electrons. The Kier molecular flexibility index (Phi) is 6.01. The van der Waals surface area contributed by atoms with Crippen molar-refractivity contribution in [3.8, 4) is 0 Å². The number of fused-ring (bicyclic) bond motifs is 3. The lowest BCUT2D eigenvalue weighted by molar-refractivity contribution is 0.133. The van der Waals surface area contributed by atoms with Gasteiger partial charge in [0.25, 0.3) is 0 Å². The van der Waals surface area contributed by atoms with Gasteiger partial charge in [-0.15, -0.1) is 0 Å². The fraction of sp³-hybridized carbons (Fsp3) is 0.588. The lowest BCUT2D eigenvalue weighted by Gasteiger charge is -2.48. The molecule has 2 aromatic carbocycles. The first-order valence-electron chi connectivity index (χ1n) is 14.8. The summed E-state index contributed by atoms with van der Waals surface area (Å²) in [4.78, 5) is 5.58. The zero-order chi connectivity index (χ0) is 25.1. The summed E-state index contributed by atoms with van der Waals surface area (Å²) in [6.45, 7) is 12.1. The van der Waals surface area contributed by atoms with E-state index in [0.717, 1.165) is 11.8 Å². The second-order valence-electron chi connectivity index (χ2n) is 13.3. The molecule has 2 nitrogen and oxygen atoms in total. The third kappa shape index (κ3) is 3.42. The van der Waals surface area contributed by atoms with E-state index in [1.165, 1.54) is 86.8 Å². The molecule has 1 atom stereocenters. The summed E-state index contributed by atoms with van der Waals surface area (Å²) in [6, 6.07) is 18.7. The van der Waals surface area contributed by atoms with E-state index in [1.54, 1.807) is 11.3 Å². The van der Waals surface area contributed by atoms with E-state index in [0.29, 0.717) is 0 Å². The Morgan fingerprint density at radius 2 is 1.19 bits per heavy atom. The van der Waals surface area contributed by atoms with Crippen molar-refractivity contribution in [2.45, 2.75) is 110 Å². The smallest absolute Gasteiger partial charge is 0.115 e. The Morgan fingerprint density at radius 1 is 0.667 bits per heavy atom. The van der Waals surface area contributed by atoms with Gasteiger partial charge in [-0.3, -0.25) is 0 Å². The molecule has 4 aliphatic rings. The van der Waals surface area contributed by atoms with Crippen molar-refractivity contribution < 1.29 is 0 Å². The summed E-state index contributed by atoms with van der Waals surface area (Å²) < 4.78 is 0. The Bertz CT molecular complexity index is 1120. The summed E-state index contributed by atoms with van der Waals surface area (Å²) >= 11 is 0. The summed E-state index contributed by atoms with van der Waals surface area (Å²) in [7, 11) is 0. The monoisotopic (exact) mass is 482 g/mol. The van der Waals surface area contributed by atoms with Gasteiger partial charge in [0.15, 0.2) is 0 Å². The van der Waals surface area contributed by atoms with Crippen molar-refractivity contribution in [2.75, 3.05) is 9.80 Å². The van der Waals surface area contributed by atoms with Gasteiger partial charge in [-0.05, 0) is 74.6 Å². The van der Waals surface area contributed by atoms with E-state index in [9.17, 15) is 0 Å². The molecule has 0 spiro atoms. The molecule has 0 bridgehead atoms. The summed E-state index contributed by atoms with van der Waals surface area (Å²) in [5.41, 5.74) is 9.35. The molecule has 0 saturated heterocycles. The molecule has 36 heavy (non-hydrogen) atoms. The zero-order valence-corrected chi connectivity index (χ0v) is 23.3. The minimum Gasteiger partial charge on any atom is -0.322 e. The van der Waals surface area contributed by atoms with Crippen LogP contribution in [0.15, 0.2) is 59.9 Å². The standard InChI is InChI=1S/C34H46N2/c1-24-16-12-14-22-29(24)35-25(2)31-34(26-17-8-6-9-18-26,27-19-10-7-11-20-27)28-21-13-15-23-30(28)36(31)32(35)33(3,4)5/h12-16,21-23,26-27,32H,6-11,17-20H2,1-5H3. The number of anilines is 2. The number of allylic oxidation sites excluding steroid dienone is 2. The maximum absolute atomic E-state index is 2.85. The second kappa shape index (κ2) is 8.96. The van der Waals surface area contributed by atoms with Gasteiger partial charge in [0.1, 0.15) is 6.17 Å². The van der Waals surface area contributed by atoms with Crippen molar-refractivity contribution in [1.29, 1.82) is 0 Å². The summed E-state index contributed by atoms with van der Waals surface area (Å²) in [5, 5.41) is 0. The fourth-order valence-electron chi connectivity index (χ4n) is 8.82. The number of aryl methyl sites for hydroxylation is 1. The van der Waals surface area contributed by atoms with E-state index < -0.39 is 0 Å². The predicted octanol–water partition coefficient (Wildman–Crippen LogP) is 9.34. The lowest BCUT2D eigenvalue weighted by Crippen LogP contribution is -2.50. The number of nitrogens with zero attached hydrogens (tertiary/aromatic N) is 2. The summed E-state index contributed by atoms with van der Waals surface area (Å²) in [6.07, 6.45) is 14.3. The molecule has 2 heteroatoms. The minimum absolute atomic E-state index is 0.0909. The van der Waals surface area contributed by atoms with Crippen molar-refractivity contribution in [1.82, 2.24) is 0 Å². The van der Waals surface area contributed by atoms with Crippen molar-refractivity contribution >= 4 is 11.4 Å². The van der Waals surface area contributed by atoms with Gasteiger partial charge < -0.3 is 9.80 Å². The van der Waals surface area contributed by atoms with Crippen LogP contribution < -0.4 is 9.80 Å². The van der Waals surface area contributed by atoms with Crippen LogP contribution in [0.5, 0.6) is 0 Å². The Hall–Kier alpha value is -2.22. The van der Waals surface area contributed by atoms with Crippen LogP contribution in [0.4, 0.5) is 11.4 Å². The quantitative estimate of drug-likeness (QED) is 0.430. The van der Waals surface area contributed by atoms with E-state index in [2.05, 4.69) is 92.9 Å². The number of hydrogen-bond donors (Lipinski definition) is 0. The van der Waals surface area contributed by atoms with Crippen LogP contribution in [0.1, 0.15) is 103 Å². The van der Waals surface area contributed by atoms with Crippen LogP contribution >= 0.6 is 0 Å². The average molecular weight is 483 g/mol. The largest absolute Gasteiger partial charge is 0.322 e. The van der Waals surface area contributed by atoms with Crippen LogP contribution in [0.2, 0.25) is 0 Å². The second-order valence-corrected chi connectivity index (χ2v) is 13.3. The van der Waals surface area contributed by atoms with Crippen LogP contribution in [0.3, 0.4) is 0 Å². The Labute approximate surface area is 219 Å². The van der Waals surface area contributed by atoms with Gasteiger partial charge in [0.05, 0.1) is 5.70 Å². The first-order valence-corrected chi connectivity index (χ1v) is 14.8. The van der Waals surface area contributed by atoms with E-state index in [-0.39, 0.29) is 17.0 Å². The third-order valence-corrected chi connectivity index (χ3v) is 10.1. The van der Waals surface area contributed by atoms with E-state index in [1.807, 2.05) is 0 Å². The SMILES string of the molecule is CC1=C2N(c3ccccc3C2(C2CCCCC2)C2CCCCC2)C(C(C)(C)C)N1c1ccccc1C. The first kappa shape index (κ1) is 24.1. The number of benzene rings is 2. The van der Waals surface area contributed by atoms with Crippen LogP contribution in [0.25, 0.3) is 0 Å². The summed E-state index contributed by atoms with van der Waals surface area (Å²) in [5.74, 6) is 1.51. The van der Waals surface area contributed by atoms with Crippen LogP contribution in [-0.2, 0) is 5.41 Å². The maximum Gasteiger partial charge on any atom is 0.115 e. The van der Waals surface area contributed by atoms with Crippen molar-refractivity contribution in [3.63, 3.8) is 0 Å². The molecule has 0 aromatic heterocycles. The van der Waals surface area contributed by atoms with Crippen molar-refractivity contribution in [3.05, 3.63) is 71.1 Å². The molecule has 2 aliphatic carbocycles. The van der Waals surface area contributed by atoms with Gasteiger partial charge in [-0.2, -0.15) is 0 Å². The molecular formula is C34H46N2. The molecule has 2 heterocycles. The van der Waals surface area contributed by atoms with Gasteiger partial charge in [-0.1, -0.05) is 95.7 Å². The molecule has 2 aliphatic heterocycles. The maximum atomic E-state index is 2.85. The first-order chi connectivity index (χ1) is 17.4. The molecule has 2 aromatic rings. The van der Waals surface area contributed by atoms with Gasteiger partial charge in [0.2, 0.25) is 0 Å². The topological polar surface area (TPSA) is 6.48 Å². The number of para-hydroxylation sites is 2. The highest BCUT2D eigenvalue weighted by molar-refractivity contribution is 5.80. The molecule has 0 N–H and O–H groups in total. The van der Waals surface area contributed by atoms with E-state index >= 15 is 0 Å². The highest BCUT2D eigenvalue weighted by atomic mass is 15.4. The molecule has 192 valence electrons. The van der Waals surface area contributed by atoms with Crippen LogP contribution in [0, 0.1) is 24.2 Å². The highest BCUT2D eigenvalue weighted by Crippen LogP contribution is 2.66. The zero-order valence-electron chi connectivity index (χ0n) is 23.3. The van der Waals surface area contributed by atoms with Gasteiger partial charge >= 0.3 is 0 Å². The normalized spacial score (nSPS) is 24.9.